The number of thioether (sulfide) groups is 1. The number of alkyl halides is 3. The Bertz CT molecular complexity index is 859. The van der Waals surface area contributed by atoms with Gasteiger partial charge in [0.1, 0.15) is 0 Å². The number of halogens is 3. The molecule has 3 aromatic rings. The predicted molar refractivity (Wildman–Crippen MR) is 87.0 cm³/mol. The first-order valence-electron chi connectivity index (χ1n) is 7.72. The Balaban J connectivity index is 1.66. The highest BCUT2D eigenvalue weighted by atomic mass is 32.2. The van der Waals surface area contributed by atoms with Gasteiger partial charge in [-0.05, 0) is 28.5 Å². The molecule has 0 saturated heterocycles. The van der Waals surface area contributed by atoms with Crippen LogP contribution in [0.2, 0.25) is 0 Å². The highest BCUT2D eigenvalue weighted by Crippen LogP contribution is 2.30. The summed E-state index contributed by atoms with van der Waals surface area (Å²) in [6.45, 7) is 4.81. The van der Waals surface area contributed by atoms with Crippen LogP contribution in [-0.4, -0.2) is 30.3 Å². The molecule has 0 N–H and O–H groups in total. The molecule has 2 aromatic heterocycles. The van der Waals surface area contributed by atoms with Crippen molar-refractivity contribution in [1.82, 2.24) is 30.3 Å². The summed E-state index contributed by atoms with van der Waals surface area (Å²) in [5.74, 6) is 1.32. The molecule has 11 heteroatoms. The van der Waals surface area contributed by atoms with Crippen LogP contribution in [0.4, 0.5) is 13.2 Å². The number of rotatable bonds is 6. The lowest BCUT2D eigenvalue weighted by Gasteiger charge is -2.05. The van der Waals surface area contributed by atoms with Crippen LogP contribution in [0.1, 0.15) is 25.3 Å². The van der Waals surface area contributed by atoms with Crippen molar-refractivity contribution >= 4 is 11.8 Å². The van der Waals surface area contributed by atoms with Crippen LogP contribution < -0.4 is 0 Å². The number of hydrogen-bond donors (Lipinski definition) is 0. The summed E-state index contributed by atoms with van der Waals surface area (Å²) in [4.78, 5) is 4.20. The zero-order chi connectivity index (χ0) is 18.7. The molecule has 2 heterocycles. The lowest BCUT2D eigenvalue weighted by molar-refractivity contribution is -0.137. The molecule has 7 nitrogen and oxygen atoms in total. The quantitative estimate of drug-likeness (QED) is 0.600. The second-order valence-electron chi connectivity index (χ2n) is 5.91. The third-order valence-corrected chi connectivity index (χ3v) is 4.24. The zero-order valence-corrected chi connectivity index (χ0v) is 14.8. The summed E-state index contributed by atoms with van der Waals surface area (Å²) in [5, 5.41) is 16.0. The zero-order valence-electron chi connectivity index (χ0n) is 13.9. The molecule has 0 aliphatic heterocycles. The van der Waals surface area contributed by atoms with Crippen molar-refractivity contribution in [2.24, 2.45) is 5.92 Å². The van der Waals surface area contributed by atoms with Crippen molar-refractivity contribution in [3.05, 3.63) is 35.7 Å². The third-order valence-electron chi connectivity index (χ3n) is 3.30. The fourth-order valence-corrected chi connectivity index (χ4v) is 2.85. The van der Waals surface area contributed by atoms with E-state index < -0.39 is 11.7 Å². The van der Waals surface area contributed by atoms with Crippen molar-refractivity contribution in [3.63, 3.8) is 0 Å². The Labute approximate surface area is 151 Å². The van der Waals surface area contributed by atoms with E-state index in [1.165, 1.54) is 23.9 Å². The normalized spacial score (nSPS) is 12.1. The van der Waals surface area contributed by atoms with E-state index in [1.54, 1.807) is 4.68 Å². The molecule has 0 unspecified atom stereocenters. The Morgan fingerprint density at radius 2 is 1.92 bits per heavy atom. The molecule has 26 heavy (non-hydrogen) atoms. The first-order chi connectivity index (χ1) is 12.3. The molecule has 138 valence electrons. The summed E-state index contributed by atoms with van der Waals surface area (Å²) in [7, 11) is 0. The minimum atomic E-state index is -4.38. The van der Waals surface area contributed by atoms with Gasteiger partial charge >= 0.3 is 6.18 Å². The summed E-state index contributed by atoms with van der Waals surface area (Å²) in [6, 6.07) is 4.60. The van der Waals surface area contributed by atoms with Crippen LogP contribution in [0.3, 0.4) is 0 Å². The van der Waals surface area contributed by atoms with Gasteiger partial charge in [-0.2, -0.15) is 18.2 Å². The van der Waals surface area contributed by atoms with Gasteiger partial charge in [-0.1, -0.05) is 42.9 Å². The first-order valence-corrected chi connectivity index (χ1v) is 8.70. The highest BCUT2D eigenvalue weighted by molar-refractivity contribution is 7.98. The molecule has 0 saturated carbocycles. The second-order valence-corrected chi connectivity index (χ2v) is 6.86. The van der Waals surface area contributed by atoms with Crippen molar-refractivity contribution in [1.29, 1.82) is 0 Å². The molecule has 0 aliphatic carbocycles. The van der Waals surface area contributed by atoms with Crippen LogP contribution in [0.25, 0.3) is 11.4 Å². The maximum atomic E-state index is 12.6. The van der Waals surface area contributed by atoms with Gasteiger partial charge in [0.25, 0.3) is 0 Å². The Kier molecular flexibility index (Phi) is 5.25. The summed E-state index contributed by atoms with van der Waals surface area (Å²) in [6.07, 6.45) is -4.38. The number of benzene rings is 1. The lowest BCUT2D eigenvalue weighted by Crippen LogP contribution is -2.07. The average Bonchev–Trinajstić information content (AvgIpc) is 3.21. The smallest absolute Gasteiger partial charge is 0.338 e. The van der Waals surface area contributed by atoms with E-state index in [2.05, 4.69) is 39.5 Å². The Hall–Kier alpha value is -2.43. The van der Waals surface area contributed by atoms with Gasteiger partial charge < -0.3 is 4.52 Å². The molecule has 0 radical (unpaired) electrons. The second kappa shape index (κ2) is 7.44. The fraction of sp³-hybridized carbons (Fsp3) is 0.400. The number of hydrogen-bond acceptors (Lipinski definition) is 7. The van der Waals surface area contributed by atoms with E-state index in [9.17, 15) is 13.2 Å². The molecule has 0 atom stereocenters. The predicted octanol–water partition coefficient (Wildman–Crippen LogP) is 3.69. The van der Waals surface area contributed by atoms with Crippen molar-refractivity contribution in [2.75, 3.05) is 0 Å². The average molecular weight is 384 g/mol. The van der Waals surface area contributed by atoms with Crippen LogP contribution in [-0.2, 0) is 18.5 Å². The van der Waals surface area contributed by atoms with E-state index in [1.807, 2.05) is 0 Å². The van der Waals surface area contributed by atoms with Crippen molar-refractivity contribution < 1.29 is 17.7 Å². The van der Waals surface area contributed by atoms with Gasteiger partial charge in [-0.3, -0.25) is 0 Å². The van der Waals surface area contributed by atoms with Gasteiger partial charge in [0.15, 0.2) is 0 Å². The maximum absolute atomic E-state index is 12.6. The van der Waals surface area contributed by atoms with E-state index >= 15 is 0 Å². The Morgan fingerprint density at radius 3 is 2.58 bits per heavy atom. The van der Waals surface area contributed by atoms with E-state index in [0.717, 1.165) is 12.1 Å². The largest absolute Gasteiger partial charge is 0.416 e. The summed E-state index contributed by atoms with van der Waals surface area (Å²) < 4.78 is 44.7. The third kappa shape index (κ3) is 4.40. The highest BCUT2D eigenvalue weighted by Gasteiger charge is 2.30. The molecular weight excluding hydrogens is 369 g/mol. The summed E-state index contributed by atoms with van der Waals surface area (Å²) in [5.41, 5.74) is -0.278. The molecule has 3 rings (SSSR count). The number of nitrogens with zero attached hydrogens (tertiary/aromatic N) is 6. The van der Waals surface area contributed by atoms with Crippen LogP contribution in [0.15, 0.2) is 33.9 Å². The number of tetrazole rings is 1. The molecule has 0 fully saturated rings. The van der Waals surface area contributed by atoms with Gasteiger partial charge in [-0.15, -0.1) is 5.10 Å². The van der Waals surface area contributed by atoms with E-state index in [0.29, 0.717) is 34.8 Å². The molecule has 0 spiro atoms. The topological polar surface area (TPSA) is 82.5 Å². The van der Waals surface area contributed by atoms with Crippen LogP contribution in [0, 0.1) is 5.92 Å². The van der Waals surface area contributed by atoms with Gasteiger partial charge in [0.2, 0.25) is 16.9 Å². The monoisotopic (exact) mass is 384 g/mol. The van der Waals surface area contributed by atoms with Crippen molar-refractivity contribution in [3.8, 4) is 11.4 Å². The standard InChI is InChI=1S/C15H15F3N6OS/c1-9(2)7-24-14(20-22-23-24)26-8-12-19-13(21-25-12)10-3-5-11(6-4-10)15(16,17)18/h3-6,9H,7-8H2,1-2H3. The fourth-order valence-electron chi connectivity index (χ4n) is 2.13. The molecule has 0 amide bonds. The minimum Gasteiger partial charge on any atom is -0.338 e. The van der Waals surface area contributed by atoms with Gasteiger partial charge in [0.05, 0.1) is 11.3 Å². The Morgan fingerprint density at radius 1 is 1.19 bits per heavy atom. The molecular formula is C15H15F3N6OS. The van der Waals surface area contributed by atoms with Crippen molar-refractivity contribution in [2.45, 2.75) is 37.5 Å². The minimum absolute atomic E-state index is 0.232. The van der Waals surface area contributed by atoms with Gasteiger partial charge in [0, 0.05) is 12.1 Å². The SMILES string of the molecule is CC(C)Cn1nnnc1SCc1nc(-c2ccc(C(F)(F)F)cc2)no1. The van der Waals surface area contributed by atoms with E-state index in [-0.39, 0.29) is 5.82 Å². The first kappa shape index (κ1) is 18.4. The molecule has 1 aromatic carbocycles. The summed E-state index contributed by atoms with van der Waals surface area (Å²) >= 11 is 1.34. The van der Waals surface area contributed by atoms with Crippen LogP contribution >= 0.6 is 11.8 Å². The number of aromatic nitrogens is 6. The van der Waals surface area contributed by atoms with Gasteiger partial charge in [-0.25, -0.2) is 4.68 Å². The van der Waals surface area contributed by atoms with Crippen LogP contribution in [0.5, 0.6) is 0 Å². The molecule has 0 bridgehead atoms. The molecule has 0 aliphatic rings. The maximum Gasteiger partial charge on any atom is 0.416 e. The lowest BCUT2D eigenvalue weighted by atomic mass is 10.1. The van der Waals surface area contributed by atoms with E-state index in [4.69, 9.17) is 4.52 Å².